The molecule has 0 aliphatic carbocycles. The summed E-state index contributed by atoms with van der Waals surface area (Å²) < 4.78 is 28.4. The molecule has 0 saturated carbocycles. The van der Waals surface area contributed by atoms with Gasteiger partial charge in [0, 0.05) is 24.7 Å². The predicted molar refractivity (Wildman–Crippen MR) is 68.8 cm³/mol. The van der Waals surface area contributed by atoms with E-state index in [0.717, 1.165) is 6.42 Å². The van der Waals surface area contributed by atoms with Gasteiger partial charge in [-0.25, -0.2) is 0 Å². The number of carbonyl (C=O) groups is 1. The number of nitrogens with zero attached hydrogens (tertiary/aromatic N) is 1. The van der Waals surface area contributed by atoms with Crippen LogP contribution in [0.4, 0.5) is 8.78 Å². The number of likely N-dealkylation sites (tertiary alicyclic amines) is 1. The molecule has 1 saturated heterocycles. The zero-order chi connectivity index (χ0) is 13.1. The zero-order valence-corrected chi connectivity index (χ0v) is 10.9. The van der Waals surface area contributed by atoms with Gasteiger partial charge in [-0.3, -0.25) is 4.79 Å². The van der Waals surface area contributed by atoms with Crippen LogP contribution < -0.4 is 10.5 Å². The van der Waals surface area contributed by atoms with Crippen molar-refractivity contribution in [2.24, 2.45) is 5.73 Å². The highest BCUT2D eigenvalue weighted by atomic mass is 35.5. The summed E-state index contributed by atoms with van der Waals surface area (Å²) in [6.07, 6.45) is 0.763. The summed E-state index contributed by atoms with van der Waals surface area (Å²) in [5.74, 6) is -0.220. The zero-order valence-electron chi connectivity index (χ0n) is 10.1. The normalized spacial score (nSPS) is 18.3. The van der Waals surface area contributed by atoms with Gasteiger partial charge in [-0.2, -0.15) is 8.78 Å². The summed E-state index contributed by atoms with van der Waals surface area (Å²) in [5, 5.41) is 0. The minimum absolute atomic E-state index is 0. The van der Waals surface area contributed by atoms with Gasteiger partial charge in [-0.05, 0) is 24.6 Å². The van der Waals surface area contributed by atoms with E-state index in [0.29, 0.717) is 18.7 Å². The number of hydrogen-bond acceptors (Lipinski definition) is 3. The van der Waals surface area contributed by atoms with Crippen molar-refractivity contribution in [1.82, 2.24) is 4.90 Å². The van der Waals surface area contributed by atoms with E-state index >= 15 is 0 Å². The molecule has 4 nitrogen and oxygen atoms in total. The number of rotatable bonds is 3. The minimum atomic E-state index is -2.89. The van der Waals surface area contributed by atoms with E-state index in [-0.39, 0.29) is 30.1 Å². The number of nitrogens with two attached hydrogens (primary N) is 1. The Morgan fingerprint density at radius 1 is 1.47 bits per heavy atom. The van der Waals surface area contributed by atoms with Gasteiger partial charge in [0.2, 0.25) is 0 Å². The summed E-state index contributed by atoms with van der Waals surface area (Å²) in [7, 11) is 0. The topological polar surface area (TPSA) is 55.6 Å². The lowest BCUT2D eigenvalue weighted by atomic mass is 10.2. The largest absolute Gasteiger partial charge is 0.435 e. The molecule has 1 amide bonds. The minimum Gasteiger partial charge on any atom is -0.435 e. The summed E-state index contributed by atoms with van der Waals surface area (Å²) in [4.78, 5) is 13.7. The van der Waals surface area contributed by atoms with Crippen molar-refractivity contribution in [3.8, 4) is 5.75 Å². The molecule has 0 unspecified atom stereocenters. The molecule has 1 heterocycles. The fourth-order valence-electron chi connectivity index (χ4n) is 1.96. The Balaban J connectivity index is 0.00000180. The van der Waals surface area contributed by atoms with Crippen LogP contribution in [0.5, 0.6) is 5.75 Å². The number of halogens is 3. The molecular weight excluding hydrogens is 278 g/mol. The van der Waals surface area contributed by atoms with Crippen LogP contribution in [0.25, 0.3) is 0 Å². The Kier molecular flexibility index (Phi) is 5.50. The average Bonchev–Trinajstić information content (AvgIpc) is 2.74. The Labute approximate surface area is 115 Å². The lowest BCUT2D eigenvalue weighted by molar-refractivity contribution is -0.0499. The van der Waals surface area contributed by atoms with Crippen molar-refractivity contribution in [3.05, 3.63) is 29.8 Å². The molecule has 1 aromatic rings. The first-order valence-corrected chi connectivity index (χ1v) is 5.66. The first kappa shape index (κ1) is 15.7. The van der Waals surface area contributed by atoms with E-state index in [1.165, 1.54) is 18.2 Å². The molecule has 2 rings (SSSR count). The van der Waals surface area contributed by atoms with Crippen molar-refractivity contribution >= 4 is 18.3 Å². The Morgan fingerprint density at radius 2 is 2.21 bits per heavy atom. The van der Waals surface area contributed by atoms with Crippen molar-refractivity contribution in [2.75, 3.05) is 13.1 Å². The molecule has 1 atom stereocenters. The molecule has 2 N–H and O–H groups in total. The lowest BCUT2D eigenvalue weighted by Crippen LogP contribution is -2.31. The maximum absolute atomic E-state index is 12.1. The maximum atomic E-state index is 12.1. The van der Waals surface area contributed by atoms with Crippen molar-refractivity contribution in [2.45, 2.75) is 19.1 Å². The number of amides is 1. The van der Waals surface area contributed by atoms with Crippen LogP contribution >= 0.6 is 12.4 Å². The summed E-state index contributed by atoms with van der Waals surface area (Å²) in [5.41, 5.74) is 6.05. The van der Waals surface area contributed by atoms with Crippen LogP contribution in [-0.4, -0.2) is 36.5 Å². The van der Waals surface area contributed by atoms with Crippen LogP contribution in [0.3, 0.4) is 0 Å². The summed E-state index contributed by atoms with van der Waals surface area (Å²) >= 11 is 0. The van der Waals surface area contributed by atoms with Crippen molar-refractivity contribution < 1.29 is 18.3 Å². The van der Waals surface area contributed by atoms with Gasteiger partial charge in [0.25, 0.3) is 5.91 Å². The molecule has 1 aliphatic heterocycles. The highest BCUT2D eigenvalue weighted by molar-refractivity contribution is 5.94. The maximum Gasteiger partial charge on any atom is 0.387 e. The van der Waals surface area contributed by atoms with Gasteiger partial charge < -0.3 is 15.4 Å². The van der Waals surface area contributed by atoms with E-state index in [9.17, 15) is 13.6 Å². The summed E-state index contributed by atoms with van der Waals surface area (Å²) in [6.45, 7) is -1.80. The molecule has 0 bridgehead atoms. The van der Waals surface area contributed by atoms with Crippen LogP contribution in [0.2, 0.25) is 0 Å². The van der Waals surface area contributed by atoms with Crippen LogP contribution in [0, 0.1) is 0 Å². The quantitative estimate of drug-likeness (QED) is 0.925. The van der Waals surface area contributed by atoms with E-state index in [4.69, 9.17) is 5.73 Å². The molecule has 1 aromatic carbocycles. The Hall–Kier alpha value is -1.40. The van der Waals surface area contributed by atoms with Crippen molar-refractivity contribution in [1.29, 1.82) is 0 Å². The first-order chi connectivity index (χ1) is 8.56. The van der Waals surface area contributed by atoms with Gasteiger partial charge in [0.1, 0.15) is 5.75 Å². The van der Waals surface area contributed by atoms with Crippen molar-refractivity contribution in [3.63, 3.8) is 0 Å². The molecule has 1 aliphatic rings. The summed E-state index contributed by atoms with van der Waals surface area (Å²) in [6, 6.07) is 5.79. The number of hydrogen-bond donors (Lipinski definition) is 1. The molecule has 0 aromatic heterocycles. The standard InChI is InChI=1S/C12H14F2N2O2.ClH/c13-12(14)18-10-3-1-2-8(6-10)11(17)16-5-4-9(15)7-16;/h1-3,6,9,12H,4-5,7,15H2;1H/t9-;/m1./s1. The smallest absolute Gasteiger partial charge is 0.387 e. The molecule has 1 fully saturated rings. The van der Waals surface area contributed by atoms with Gasteiger partial charge in [0.15, 0.2) is 0 Å². The van der Waals surface area contributed by atoms with E-state index < -0.39 is 6.61 Å². The molecule has 0 spiro atoms. The number of ether oxygens (including phenoxy) is 1. The second kappa shape index (κ2) is 6.68. The lowest BCUT2D eigenvalue weighted by Gasteiger charge is -2.16. The van der Waals surface area contributed by atoms with E-state index in [1.54, 1.807) is 11.0 Å². The van der Waals surface area contributed by atoms with Crippen LogP contribution in [0.1, 0.15) is 16.8 Å². The number of carbonyl (C=O) groups excluding carboxylic acids is 1. The van der Waals surface area contributed by atoms with Gasteiger partial charge in [-0.15, -0.1) is 12.4 Å². The molecule has 7 heteroatoms. The fraction of sp³-hybridized carbons (Fsp3) is 0.417. The average molecular weight is 293 g/mol. The highest BCUT2D eigenvalue weighted by Crippen LogP contribution is 2.19. The van der Waals surface area contributed by atoms with Gasteiger partial charge in [-0.1, -0.05) is 6.07 Å². The van der Waals surface area contributed by atoms with Gasteiger partial charge >= 0.3 is 6.61 Å². The van der Waals surface area contributed by atoms with Gasteiger partial charge in [0.05, 0.1) is 0 Å². The molecule has 106 valence electrons. The second-order valence-electron chi connectivity index (χ2n) is 4.21. The third kappa shape index (κ3) is 4.04. The second-order valence-corrected chi connectivity index (χ2v) is 4.21. The van der Waals surface area contributed by atoms with Crippen LogP contribution in [-0.2, 0) is 0 Å². The van der Waals surface area contributed by atoms with Crippen LogP contribution in [0.15, 0.2) is 24.3 Å². The third-order valence-electron chi connectivity index (χ3n) is 2.82. The van der Waals surface area contributed by atoms with E-state index in [1.807, 2.05) is 0 Å². The van der Waals surface area contributed by atoms with E-state index in [2.05, 4.69) is 4.74 Å². The molecule has 0 radical (unpaired) electrons. The number of alkyl halides is 2. The fourth-order valence-corrected chi connectivity index (χ4v) is 1.96. The molecular formula is C12H15ClF2N2O2. The first-order valence-electron chi connectivity index (χ1n) is 5.66. The third-order valence-corrected chi connectivity index (χ3v) is 2.82. The highest BCUT2D eigenvalue weighted by Gasteiger charge is 2.24. The number of benzene rings is 1. The Morgan fingerprint density at radius 3 is 2.79 bits per heavy atom. The Bertz CT molecular complexity index is 445. The molecule has 19 heavy (non-hydrogen) atoms. The predicted octanol–water partition coefficient (Wildman–Crippen LogP) is 1.88. The monoisotopic (exact) mass is 292 g/mol. The SMILES string of the molecule is Cl.N[C@@H]1CCN(C(=O)c2cccc(OC(F)F)c2)C1.